The molecule has 0 aliphatic heterocycles. The predicted octanol–water partition coefficient (Wildman–Crippen LogP) is -0.833. The Balaban J connectivity index is -0.0000000197. The molecule has 0 spiro atoms. The van der Waals surface area contributed by atoms with Gasteiger partial charge in [0.2, 0.25) is 0 Å². The molecule has 10 N–H and O–H groups in total. The van der Waals surface area contributed by atoms with Crippen LogP contribution in [0.1, 0.15) is 0 Å². The maximum absolute atomic E-state index is 8.56. The molecular weight excluding hydrogens is 699 g/mol. The number of hydrogen-bond donors (Lipinski definition) is 10. The van der Waals surface area contributed by atoms with Crippen LogP contribution in [-0.2, 0) is 0 Å². The van der Waals surface area contributed by atoms with Gasteiger partial charge in [0.25, 0.3) is 0 Å². The van der Waals surface area contributed by atoms with E-state index in [0.29, 0.717) is 0 Å². The molecule has 0 fully saturated rings. The van der Waals surface area contributed by atoms with Gasteiger partial charge < -0.3 is 51.1 Å². The number of carbonyl (C=O) groups is 5. The Labute approximate surface area is 303 Å². The third-order valence-corrected chi connectivity index (χ3v) is 0. The SMILES string of the molecule is O=C(O)O.O=C(O)O.O=C(O)O.O=C(O)O.O=C(O)O.[CsH].[CsH].[CsH]. The molecule has 0 rings (SSSR count). The second-order valence-corrected chi connectivity index (χ2v) is 1.41. The van der Waals surface area contributed by atoms with Crippen LogP contribution in [0, 0.1) is 0 Å². The molecule has 0 atom stereocenters. The van der Waals surface area contributed by atoms with Crippen molar-refractivity contribution in [1.29, 1.82) is 0 Å². The van der Waals surface area contributed by atoms with Crippen LogP contribution in [0.4, 0.5) is 24.0 Å². The van der Waals surface area contributed by atoms with Crippen molar-refractivity contribution in [2.75, 3.05) is 0 Å². The van der Waals surface area contributed by atoms with Crippen molar-refractivity contribution in [3.8, 4) is 0 Å². The topological polar surface area (TPSA) is 288 Å². The quantitative estimate of drug-likeness (QED) is 0.147. The Morgan fingerprint density at radius 3 is 0.304 bits per heavy atom. The second-order valence-electron chi connectivity index (χ2n) is 1.41. The Kier molecular flexibility index (Phi) is 96.0. The number of carboxylic acid groups (broad SMARTS) is 10. The molecule has 0 saturated heterocycles. The van der Waals surface area contributed by atoms with Crippen molar-refractivity contribution in [1.82, 2.24) is 0 Å². The Bertz CT molecular complexity index is 214. The molecule has 0 aromatic heterocycles. The van der Waals surface area contributed by atoms with Crippen molar-refractivity contribution < 1.29 is 75.0 Å². The summed E-state index contributed by atoms with van der Waals surface area (Å²) in [7, 11) is 0. The summed E-state index contributed by atoms with van der Waals surface area (Å²) < 4.78 is 0. The van der Waals surface area contributed by atoms with Gasteiger partial charge in [-0.15, -0.1) is 0 Å². The van der Waals surface area contributed by atoms with Crippen LogP contribution in [-0.4, -0.2) is 289 Å². The Morgan fingerprint density at radius 1 is 0.304 bits per heavy atom. The molecule has 0 unspecified atom stereocenters. The van der Waals surface area contributed by atoms with E-state index in [1.165, 1.54) is 0 Å². The van der Waals surface area contributed by atoms with E-state index in [9.17, 15) is 0 Å². The molecule has 0 aromatic rings. The summed E-state index contributed by atoms with van der Waals surface area (Å²) in [6.45, 7) is 0. The van der Waals surface area contributed by atoms with Crippen LogP contribution >= 0.6 is 0 Å². The van der Waals surface area contributed by atoms with Crippen LogP contribution in [0.2, 0.25) is 0 Å². The number of rotatable bonds is 0. The van der Waals surface area contributed by atoms with Gasteiger partial charge in [0.1, 0.15) is 0 Å². The van der Waals surface area contributed by atoms with Crippen molar-refractivity contribution in [2.24, 2.45) is 0 Å². The summed E-state index contributed by atoms with van der Waals surface area (Å²) in [5.41, 5.74) is 0. The summed E-state index contributed by atoms with van der Waals surface area (Å²) in [5, 5.41) is 69.7. The van der Waals surface area contributed by atoms with E-state index in [4.69, 9.17) is 75.0 Å². The van der Waals surface area contributed by atoms with E-state index in [0.717, 1.165) is 0 Å². The first kappa shape index (κ1) is 50.0. The maximum atomic E-state index is 8.56. The van der Waals surface area contributed by atoms with Crippen molar-refractivity contribution in [3.63, 3.8) is 0 Å². The van der Waals surface area contributed by atoms with Gasteiger partial charge in [-0.2, -0.15) is 0 Å². The van der Waals surface area contributed by atoms with Crippen molar-refractivity contribution in [2.45, 2.75) is 0 Å². The molecule has 0 aliphatic rings. The molecule has 0 aromatic carbocycles. The van der Waals surface area contributed by atoms with E-state index in [1.807, 2.05) is 0 Å². The van der Waals surface area contributed by atoms with Crippen LogP contribution in [0.15, 0.2) is 0 Å². The van der Waals surface area contributed by atoms with Gasteiger partial charge in [0.05, 0.1) is 0 Å². The molecule has 0 aliphatic carbocycles. The Morgan fingerprint density at radius 2 is 0.304 bits per heavy atom. The van der Waals surface area contributed by atoms with E-state index >= 15 is 0 Å². The van der Waals surface area contributed by atoms with Crippen LogP contribution < -0.4 is 0 Å². The van der Waals surface area contributed by atoms with Crippen LogP contribution in [0.5, 0.6) is 0 Å². The van der Waals surface area contributed by atoms with Gasteiger partial charge in [-0.25, -0.2) is 24.0 Å². The molecule has 23 heavy (non-hydrogen) atoms. The molecule has 0 saturated carbocycles. The van der Waals surface area contributed by atoms with Gasteiger partial charge in [-0.3, -0.25) is 0 Å². The van der Waals surface area contributed by atoms with Crippen LogP contribution in [0.25, 0.3) is 0 Å². The molecule has 0 bridgehead atoms. The molecule has 0 amide bonds. The second kappa shape index (κ2) is 44.2. The fourth-order valence-corrected chi connectivity index (χ4v) is 0. The van der Waals surface area contributed by atoms with Gasteiger partial charge in [0.15, 0.2) is 0 Å². The summed E-state index contributed by atoms with van der Waals surface area (Å²) in [5.74, 6) is 0. The first-order valence-electron chi connectivity index (χ1n) is 3.26. The summed E-state index contributed by atoms with van der Waals surface area (Å²) in [6.07, 6.45) is -9.17. The molecular formula is C5H13Cs3O15. The molecule has 18 heteroatoms. The van der Waals surface area contributed by atoms with Gasteiger partial charge in [0, 0.05) is 0 Å². The van der Waals surface area contributed by atoms with E-state index < -0.39 is 30.8 Å². The zero-order valence-electron chi connectivity index (χ0n) is 9.01. The van der Waals surface area contributed by atoms with E-state index in [-0.39, 0.29) is 207 Å². The minimum absolute atomic E-state index is 0. The van der Waals surface area contributed by atoms with Gasteiger partial charge in [-0.1, -0.05) is 0 Å². The first-order valence-corrected chi connectivity index (χ1v) is 3.26. The van der Waals surface area contributed by atoms with Crippen LogP contribution in [0.3, 0.4) is 0 Å². The Hall–Kier alpha value is 2.51. The van der Waals surface area contributed by atoms with Gasteiger partial charge >= 0.3 is 237 Å². The molecule has 126 valence electrons. The van der Waals surface area contributed by atoms with Crippen molar-refractivity contribution in [3.05, 3.63) is 0 Å². The molecule has 0 heterocycles. The standard InChI is InChI=1S/5CH2O3.3Cs.3H/c5*2-1(3)4;;;;;;/h5*(H2,2,3,4);;;;;;. The normalized spacial score (nSPS) is 5.22. The third-order valence-electron chi connectivity index (χ3n) is 0. The fourth-order valence-electron chi connectivity index (χ4n) is 0. The monoisotopic (exact) mass is 712 g/mol. The molecule has 15 nitrogen and oxygen atoms in total. The number of hydrogen-bond acceptors (Lipinski definition) is 5. The minimum atomic E-state index is -1.83. The summed E-state index contributed by atoms with van der Waals surface area (Å²) in [4.78, 5) is 42.8. The fraction of sp³-hybridized carbons (Fsp3) is 0. The zero-order chi connectivity index (χ0) is 17.9. The average molecular weight is 712 g/mol. The third kappa shape index (κ3) is 1980. The van der Waals surface area contributed by atoms with E-state index in [1.54, 1.807) is 0 Å². The molecule has 0 radical (unpaired) electrons. The average Bonchev–Trinajstić information content (AvgIpc) is 1.94. The van der Waals surface area contributed by atoms with E-state index in [2.05, 4.69) is 0 Å². The summed E-state index contributed by atoms with van der Waals surface area (Å²) in [6, 6.07) is 0. The summed E-state index contributed by atoms with van der Waals surface area (Å²) >= 11 is 0. The van der Waals surface area contributed by atoms with Gasteiger partial charge in [-0.05, 0) is 0 Å². The first-order chi connectivity index (χ1) is 8.66. The zero-order valence-corrected chi connectivity index (χ0v) is 9.01. The predicted molar refractivity (Wildman–Crippen MR) is 74.7 cm³/mol. The van der Waals surface area contributed by atoms with Crippen molar-refractivity contribution >= 4 is 237 Å².